The molecule has 152 valence electrons. The van der Waals surface area contributed by atoms with Gasteiger partial charge in [0.05, 0.1) is 25.3 Å². The number of halogens is 1. The van der Waals surface area contributed by atoms with Crippen molar-refractivity contribution in [3.63, 3.8) is 0 Å². The average Bonchev–Trinajstić information content (AvgIpc) is 3.14. The van der Waals surface area contributed by atoms with Gasteiger partial charge in [-0.05, 0) is 42.8 Å². The lowest BCUT2D eigenvalue weighted by Gasteiger charge is -2.42. The molecule has 2 unspecified atom stereocenters. The molecule has 1 saturated heterocycles. The molecule has 7 nitrogen and oxygen atoms in total. The lowest BCUT2D eigenvalue weighted by atomic mass is 9.94. The van der Waals surface area contributed by atoms with Crippen LogP contribution in [0.1, 0.15) is 18.5 Å². The Balaban J connectivity index is 1.53. The number of carbonyl (C=O) groups excluding carboxylic acids is 1. The number of methoxy groups -OCH3 is 1. The predicted molar refractivity (Wildman–Crippen MR) is 116 cm³/mol. The summed E-state index contributed by atoms with van der Waals surface area (Å²) in [7, 11) is 1.61. The molecule has 2 aromatic carbocycles. The summed E-state index contributed by atoms with van der Waals surface area (Å²) in [6.45, 7) is 2.52. The fraction of sp³-hybridized carbons (Fsp3) is 0.238. The summed E-state index contributed by atoms with van der Waals surface area (Å²) in [4.78, 5) is 18.8. The summed E-state index contributed by atoms with van der Waals surface area (Å²) in [5.41, 5.74) is 2.41. The Morgan fingerprint density at radius 2 is 1.90 bits per heavy atom. The number of hydrogen-bond donors (Lipinski definition) is 0. The van der Waals surface area contributed by atoms with Crippen molar-refractivity contribution >= 4 is 44.9 Å². The van der Waals surface area contributed by atoms with Gasteiger partial charge in [0.1, 0.15) is 27.6 Å². The van der Waals surface area contributed by atoms with E-state index in [2.05, 4.69) is 15.2 Å². The first kappa shape index (κ1) is 19.0. The van der Waals surface area contributed by atoms with Gasteiger partial charge >= 0.3 is 0 Å². The molecule has 30 heavy (non-hydrogen) atoms. The first-order valence-corrected chi connectivity index (χ1v) is 10.7. The number of alkyl halides is 1. The summed E-state index contributed by atoms with van der Waals surface area (Å²) in [6, 6.07) is 12.9. The van der Waals surface area contributed by atoms with E-state index in [1.165, 1.54) is 11.3 Å². The first-order valence-electron chi connectivity index (χ1n) is 9.41. The predicted octanol–water partition coefficient (Wildman–Crippen LogP) is 4.29. The van der Waals surface area contributed by atoms with Gasteiger partial charge in [0.25, 0.3) is 0 Å². The largest absolute Gasteiger partial charge is 0.497 e. The van der Waals surface area contributed by atoms with Crippen LogP contribution in [0.3, 0.4) is 0 Å². The number of amides is 1. The molecule has 3 heterocycles. The van der Waals surface area contributed by atoms with Crippen molar-refractivity contribution in [2.75, 3.05) is 18.6 Å². The molecule has 0 spiro atoms. The first-order chi connectivity index (χ1) is 14.6. The molecule has 1 fully saturated rings. The summed E-state index contributed by atoms with van der Waals surface area (Å²) in [5.74, 6) is 1.31. The molecule has 0 bridgehead atoms. The van der Waals surface area contributed by atoms with Crippen LogP contribution < -0.4 is 14.4 Å². The number of rotatable bonds is 5. The number of carbonyl (C=O) groups is 1. The van der Waals surface area contributed by atoms with Crippen molar-refractivity contribution in [2.24, 2.45) is 0 Å². The molecule has 2 atom stereocenters. The van der Waals surface area contributed by atoms with E-state index in [1.807, 2.05) is 49.4 Å². The van der Waals surface area contributed by atoms with E-state index in [0.717, 1.165) is 28.0 Å². The second-order valence-electron chi connectivity index (χ2n) is 6.79. The van der Waals surface area contributed by atoms with Crippen LogP contribution in [0, 0.1) is 0 Å². The Morgan fingerprint density at radius 1 is 1.13 bits per heavy atom. The van der Waals surface area contributed by atoms with Crippen LogP contribution in [-0.2, 0) is 4.79 Å². The lowest BCUT2D eigenvalue weighted by Crippen LogP contribution is -2.56. The SMILES string of the molecule is CCOc1ccc2nc3sc(N4C(=O)C(Cl)C4c4ccc(OC)cc4)nnc-3c2c1. The normalized spacial score (nSPS) is 18.6. The van der Waals surface area contributed by atoms with E-state index in [1.54, 1.807) is 12.0 Å². The van der Waals surface area contributed by atoms with Gasteiger partial charge in [0, 0.05) is 5.39 Å². The molecule has 3 aliphatic rings. The second-order valence-corrected chi connectivity index (χ2v) is 8.22. The highest BCUT2D eigenvalue weighted by molar-refractivity contribution is 7.18. The molecular formula is C21H17ClN4O3S. The molecule has 0 radical (unpaired) electrons. The summed E-state index contributed by atoms with van der Waals surface area (Å²) < 4.78 is 10.8. The third-order valence-electron chi connectivity index (χ3n) is 5.07. The van der Waals surface area contributed by atoms with Gasteiger partial charge in [-0.15, -0.1) is 21.8 Å². The molecule has 5 rings (SSSR count). The summed E-state index contributed by atoms with van der Waals surface area (Å²) in [5, 5.41) is 10.1. The molecule has 3 aliphatic heterocycles. The fourth-order valence-electron chi connectivity index (χ4n) is 3.59. The van der Waals surface area contributed by atoms with Crippen LogP contribution in [0.15, 0.2) is 42.5 Å². The third-order valence-corrected chi connectivity index (χ3v) is 6.44. The van der Waals surface area contributed by atoms with E-state index < -0.39 is 5.38 Å². The Bertz CT molecular complexity index is 1210. The number of benzene rings is 2. The Morgan fingerprint density at radius 3 is 2.63 bits per heavy atom. The quantitative estimate of drug-likeness (QED) is 0.340. The highest BCUT2D eigenvalue weighted by Crippen LogP contribution is 2.45. The topological polar surface area (TPSA) is 77.4 Å². The molecule has 2 aromatic rings. The average molecular weight is 441 g/mol. The zero-order valence-electron chi connectivity index (χ0n) is 16.2. The van der Waals surface area contributed by atoms with Crippen LogP contribution in [-0.4, -0.2) is 40.2 Å². The van der Waals surface area contributed by atoms with E-state index in [9.17, 15) is 4.79 Å². The summed E-state index contributed by atoms with van der Waals surface area (Å²) in [6.07, 6.45) is 0. The van der Waals surface area contributed by atoms with Gasteiger partial charge in [-0.3, -0.25) is 9.69 Å². The summed E-state index contributed by atoms with van der Waals surface area (Å²) >= 11 is 7.68. The molecule has 1 amide bonds. The number of fused-ring (bicyclic) bond motifs is 3. The van der Waals surface area contributed by atoms with Gasteiger partial charge in [0.15, 0.2) is 0 Å². The molecule has 9 heteroatoms. The van der Waals surface area contributed by atoms with Crippen molar-refractivity contribution in [1.82, 2.24) is 15.2 Å². The maximum Gasteiger partial charge on any atom is 0.250 e. The fourth-order valence-corrected chi connectivity index (χ4v) is 4.90. The monoisotopic (exact) mass is 440 g/mol. The minimum Gasteiger partial charge on any atom is -0.497 e. The Hall–Kier alpha value is -2.97. The van der Waals surface area contributed by atoms with Gasteiger partial charge in [-0.1, -0.05) is 23.5 Å². The van der Waals surface area contributed by atoms with Crippen molar-refractivity contribution in [2.45, 2.75) is 18.3 Å². The van der Waals surface area contributed by atoms with Gasteiger partial charge < -0.3 is 9.47 Å². The maximum atomic E-state index is 12.6. The van der Waals surface area contributed by atoms with Crippen molar-refractivity contribution < 1.29 is 14.3 Å². The van der Waals surface area contributed by atoms with Crippen LogP contribution in [0.4, 0.5) is 5.13 Å². The lowest BCUT2D eigenvalue weighted by molar-refractivity contribution is -0.123. The smallest absolute Gasteiger partial charge is 0.250 e. The highest BCUT2D eigenvalue weighted by atomic mass is 35.5. The highest BCUT2D eigenvalue weighted by Gasteiger charge is 2.49. The van der Waals surface area contributed by atoms with E-state index in [4.69, 9.17) is 21.1 Å². The van der Waals surface area contributed by atoms with E-state index in [0.29, 0.717) is 22.4 Å². The van der Waals surface area contributed by atoms with Crippen LogP contribution in [0.25, 0.3) is 21.6 Å². The minimum atomic E-state index is -0.650. The number of hydrogen-bond acceptors (Lipinski definition) is 7. The number of nitrogens with zero attached hydrogens (tertiary/aromatic N) is 4. The van der Waals surface area contributed by atoms with Gasteiger partial charge in [0.2, 0.25) is 11.0 Å². The van der Waals surface area contributed by atoms with Crippen LogP contribution in [0.2, 0.25) is 0 Å². The zero-order valence-corrected chi connectivity index (χ0v) is 17.8. The zero-order chi connectivity index (χ0) is 20.8. The number of anilines is 1. The Labute approximate surface area is 181 Å². The Kier molecular flexibility index (Phi) is 4.67. The van der Waals surface area contributed by atoms with Crippen molar-refractivity contribution in [3.05, 3.63) is 48.0 Å². The number of ether oxygens (including phenoxy) is 2. The van der Waals surface area contributed by atoms with E-state index >= 15 is 0 Å². The molecule has 0 aromatic heterocycles. The molecule has 0 saturated carbocycles. The second kappa shape index (κ2) is 7.37. The standard InChI is InChI=1S/C21H17ClN4O3S/c1-3-29-13-8-9-15-14(10-13)17-19(23-15)30-21(25-24-17)26-18(16(22)20(26)27)11-4-6-12(28-2)7-5-11/h4-10,16,18H,3H2,1-2H3. The van der Waals surface area contributed by atoms with Crippen molar-refractivity contribution in [3.8, 4) is 22.2 Å². The van der Waals surface area contributed by atoms with Gasteiger partial charge in [-0.2, -0.15) is 0 Å². The minimum absolute atomic E-state index is 0.197. The molecule has 0 N–H and O–H groups in total. The molecule has 0 aliphatic carbocycles. The van der Waals surface area contributed by atoms with Crippen LogP contribution in [0.5, 0.6) is 11.5 Å². The molecular weight excluding hydrogens is 424 g/mol. The van der Waals surface area contributed by atoms with Gasteiger partial charge in [-0.25, -0.2) is 4.98 Å². The number of β-lactam (4-membered cyclic amide) rings is 1. The number of aromatic nitrogens is 3. The van der Waals surface area contributed by atoms with E-state index in [-0.39, 0.29) is 11.9 Å². The van der Waals surface area contributed by atoms with Crippen molar-refractivity contribution in [1.29, 1.82) is 0 Å². The third kappa shape index (κ3) is 2.95. The van der Waals surface area contributed by atoms with Crippen LogP contribution >= 0.6 is 22.9 Å². The maximum absolute atomic E-state index is 12.6.